The molecule has 1 aromatic carbocycles. The number of hydrogen-bond donors (Lipinski definition) is 2. The highest BCUT2D eigenvalue weighted by atomic mass is 127. The summed E-state index contributed by atoms with van der Waals surface area (Å²) < 4.78 is 43.1. The molecule has 0 amide bonds. The number of hydrogen-bond acceptors (Lipinski definition) is 8. The van der Waals surface area contributed by atoms with E-state index in [0.717, 1.165) is 71.5 Å². The van der Waals surface area contributed by atoms with Gasteiger partial charge in [0.1, 0.15) is 18.6 Å². The van der Waals surface area contributed by atoms with Crippen LogP contribution in [0.25, 0.3) is 0 Å². The molecule has 4 fully saturated rings. The summed E-state index contributed by atoms with van der Waals surface area (Å²) in [5, 5.41) is 3.68. The van der Waals surface area contributed by atoms with Crippen molar-refractivity contribution in [2.45, 2.75) is 82.0 Å². The smallest absolute Gasteiger partial charge is 0.318 e. The van der Waals surface area contributed by atoms with Crippen LogP contribution in [0.5, 0.6) is 6.01 Å². The second kappa shape index (κ2) is 9.92. The van der Waals surface area contributed by atoms with Gasteiger partial charge in [-0.05, 0) is 73.4 Å². The Morgan fingerprint density at radius 3 is 2.85 bits per heavy atom. The topological polar surface area (TPSA) is 88.8 Å². The van der Waals surface area contributed by atoms with Crippen LogP contribution >= 0.6 is 22.6 Å². The van der Waals surface area contributed by atoms with Crippen LogP contribution in [0.2, 0.25) is 0 Å². The van der Waals surface area contributed by atoms with Crippen LogP contribution in [0.15, 0.2) is 6.07 Å². The molecule has 8 nitrogen and oxygen atoms in total. The van der Waals surface area contributed by atoms with E-state index in [9.17, 15) is 4.39 Å². The van der Waals surface area contributed by atoms with Crippen molar-refractivity contribution >= 4 is 34.1 Å². The van der Waals surface area contributed by atoms with Crippen LogP contribution in [0.1, 0.15) is 60.6 Å². The third kappa shape index (κ3) is 4.57. The van der Waals surface area contributed by atoms with Gasteiger partial charge in [0.15, 0.2) is 5.82 Å². The average molecular weight is 653 g/mol. The van der Waals surface area contributed by atoms with Gasteiger partial charge in [0.25, 0.3) is 0 Å². The molecule has 5 aliphatic heterocycles. The van der Waals surface area contributed by atoms with Crippen LogP contribution in [0, 0.1) is 16.3 Å². The monoisotopic (exact) mass is 652 g/mol. The van der Waals surface area contributed by atoms with E-state index >= 15 is 4.39 Å². The number of alkyl halides is 1. The molecule has 7 rings (SSSR count). The maximum Gasteiger partial charge on any atom is 0.318 e. The lowest BCUT2D eigenvalue weighted by Gasteiger charge is -2.37. The molecule has 2 bridgehead atoms. The van der Waals surface area contributed by atoms with E-state index in [1.165, 1.54) is 0 Å². The van der Waals surface area contributed by atoms with Crippen molar-refractivity contribution in [3.8, 4) is 6.01 Å². The number of piperazine rings is 1. The van der Waals surface area contributed by atoms with Gasteiger partial charge in [-0.1, -0.05) is 0 Å². The Hall–Kier alpha value is -1.83. The molecular weight excluding hydrogens is 617 g/mol. The summed E-state index contributed by atoms with van der Waals surface area (Å²) in [6, 6.07) is 2.86. The Morgan fingerprint density at radius 1 is 1.26 bits per heavy atom. The zero-order chi connectivity index (χ0) is 26.9. The number of fused-ring (bicyclic) bond motifs is 4. The molecule has 6 heterocycles. The third-order valence-corrected chi connectivity index (χ3v) is 10.8. The number of nitrogens with zero attached hydrogens (tertiary/aromatic N) is 4. The summed E-state index contributed by atoms with van der Waals surface area (Å²) in [5.41, 5.74) is 9.02. The summed E-state index contributed by atoms with van der Waals surface area (Å²) >= 11 is 2.18. The highest BCUT2D eigenvalue weighted by molar-refractivity contribution is 14.1. The minimum Gasteiger partial charge on any atom is -0.461 e. The van der Waals surface area contributed by atoms with E-state index in [4.69, 9.17) is 25.2 Å². The molecular formula is C28H35F2IN6O2. The average Bonchev–Trinajstić information content (AvgIpc) is 3.56. The minimum absolute atomic E-state index is 0.129. The molecule has 0 radical (unpaired) electrons. The Balaban J connectivity index is 1.23. The molecule has 39 heavy (non-hydrogen) atoms. The van der Waals surface area contributed by atoms with Crippen LogP contribution in [-0.2, 0) is 17.8 Å². The van der Waals surface area contributed by atoms with Crippen LogP contribution in [-0.4, -0.2) is 71.4 Å². The molecule has 0 saturated carbocycles. The fourth-order valence-electron chi connectivity index (χ4n) is 7.47. The van der Waals surface area contributed by atoms with E-state index in [0.29, 0.717) is 56.3 Å². The predicted molar refractivity (Wildman–Crippen MR) is 152 cm³/mol. The predicted octanol–water partition coefficient (Wildman–Crippen LogP) is 3.82. The molecule has 0 aliphatic carbocycles. The minimum atomic E-state index is -0.817. The third-order valence-electron chi connectivity index (χ3n) is 9.37. The summed E-state index contributed by atoms with van der Waals surface area (Å²) in [6.07, 6.45) is 3.87. The number of ether oxygens (including phenoxy) is 2. The molecule has 5 atom stereocenters. The first-order chi connectivity index (χ1) is 18.8. The van der Waals surface area contributed by atoms with Gasteiger partial charge >= 0.3 is 6.01 Å². The maximum atomic E-state index is 15.3. The lowest BCUT2D eigenvalue weighted by molar-refractivity contribution is 0.0227. The molecule has 210 valence electrons. The van der Waals surface area contributed by atoms with Crippen LogP contribution in [0.3, 0.4) is 0 Å². The second-order valence-electron chi connectivity index (χ2n) is 12.0. The maximum absolute atomic E-state index is 15.3. The molecule has 4 saturated heterocycles. The largest absolute Gasteiger partial charge is 0.461 e. The Bertz CT molecular complexity index is 1260. The first-order valence-corrected chi connectivity index (χ1v) is 15.2. The standard InChI is InChI=1S/C28H35F2IN6O2/c1-15-7-20(32)24(30)23(25(15)31)22-8-21-19(13-38-22)26(36-11-17-3-4-18(12-36)33-17)35-27(34-21)39-14-28-5-2-6-37(28)10-16(29)9-28/h7,16-18,22,33H,2-6,8-14,32H2,1H3/t16-,17?,18?,22-,28+/m1/s1. The zero-order valence-corrected chi connectivity index (χ0v) is 24.3. The fraction of sp³-hybridized carbons (Fsp3) is 0.643. The van der Waals surface area contributed by atoms with Gasteiger partial charge in [0, 0.05) is 59.3 Å². The number of nitrogens with two attached hydrogens (primary N) is 1. The number of benzene rings is 1. The summed E-state index contributed by atoms with van der Waals surface area (Å²) in [6.45, 7) is 5.72. The van der Waals surface area contributed by atoms with Crippen molar-refractivity contribution in [2.75, 3.05) is 43.4 Å². The number of aromatic nitrogens is 2. The quantitative estimate of drug-likeness (QED) is 0.373. The Kier molecular flexibility index (Phi) is 6.63. The van der Waals surface area contributed by atoms with Gasteiger partial charge in [-0.15, -0.1) is 0 Å². The van der Waals surface area contributed by atoms with Crippen molar-refractivity contribution < 1.29 is 18.3 Å². The highest BCUT2D eigenvalue weighted by Gasteiger charge is 2.49. The van der Waals surface area contributed by atoms with E-state index in [1.54, 1.807) is 6.07 Å². The van der Waals surface area contributed by atoms with Crippen molar-refractivity contribution in [2.24, 2.45) is 0 Å². The molecule has 5 aliphatic rings. The highest BCUT2D eigenvalue weighted by Crippen LogP contribution is 2.42. The van der Waals surface area contributed by atoms with Gasteiger partial charge in [-0.3, -0.25) is 4.90 Å². The van der Waals surface area contributed by atoms with Gasteiger partial charge in [-0.25, -0.2) is 8.78 Å². The van der Waals surface area contributed by atoms with Crippen molar-refractivity contribution in [1.82, 2.24) is 20.2 Å². The van der Waals surface area contributed by atoms with Gasteiger partial charge in [-0.2, -0.15) is 9.97 Å². The lowest BCUT2D eigenvalue weighted by atomic mass is 9.95. The lowest BCUT2D eigenvalue weighted by Crippen LogP contribution is -2.52. The molecule has 3 N–H and O–H groups in total. The van der Waals surface area contributed by atoms with Gasteiger partial charge < -0.3 is 25.4 Å². The number of nitrogen functional groups attached to an aromatic ring is 1. The Morgan fingerprint density at radius 2 is 2.05 bits per heavy atom. The SMILES string of the molecule is Cc1cc(N)c(F)c([C@H]2Cc3nc(OC[C@@]45CCCN4C[C@H](F)C5)nc(N4CC5CCC(C4)N5)c3CO2)c1I. The number of rotatable bonds is 5. The van der Waals surface area contributed by atoms with E-state index in [-0.39, 0.29) is 11.2 Å². The summed E-state index contributed by atoms with van der Waals surface area (Å²) in [4.78, 5) is 14.4. The first-order valence-electron chi connectivity index (χ1n) is 14.1. The zero-order valence-electron chi connectivity index (χ0n) is 22.2. The molecule has 2 unspecified atom stereocenters. The summed E-state index contributed by atoms with van der Waals surface area (Å²) in [5.74, 6) is 0.423. The molecule has 11 heteroatoms. The van der Waals surface area contributed by atoms with Crippen LogP contribution < -0.4 is 20.7 Å². The molecule has 1 aromatic heterocycles. The number of halogens is 3. The Labute approximate surface area is 241 Å². The summed E-state index contributed by atoms with van der Waals surface area (Å²) in [7, 11) is 0. The van der Waals surface area contributed by atoms with Gasteiger partial charge in [0.05, 0.1) is 29.6 Å². The molecule has 0 spiro atoms. The van der Waals surface area contributed by atoms with E-state index in [1.807, 2.05) is 6.92 Å². The second-order valence-corrected chi connectivity index (χ2v) is 13.1. The normalized spacial score (nSPS) is 31.9. The number of aryl methyl sites for hydroxylation is 1. The fourth-order valence-corrected chi connectivity index (χ4v) is 8.21. The van der Waals surface area contributed by atoms with Crippen molar-refractivity contribution in [3.63, 3.8) is 0 Å². The van der Waals surface area contributed by atoms with Crippen molar-refractivity contribution in [1.29, 1.82) is 0 Å². The van der Waals surface area contributed by atoms with Crippen LogP contribution in [0.4, 0.5) is 20.3 Å². The number of anilines is 2. The van der Waals surface area contributed by atoms with Gasteiger partial charge in [0.2, 0.25) is 0 Å². The van der Waals surface area contributed by atoms with E-state index < -0.39 is 18.1 Å². The first kappa shape index (κ1) is 26.1. The van der Waals surface area contributed by atoms with E-state index in [2.05, 4.69) is 37.7 Å². The van der Waals surface area contributed by atoms with Crippen molar-refractivity contribution in [3.05, 3.63) is 37.8 Å². The molecule has 2 aromatic rings. The number of nitrogens with one attached hydrogen (secondary N) is 1.